The van der Waals surface area contributed by atoms with Gasteiger partial charge in [0.1, 0.15) is 0 Å². The lowest BCUT2D eigenvalue weighted by Crippen LogP contribution is -2.21. The van der Waals surface area contributed by atoms with Crippen molar-refractivity contribution in [2.45, 2.75) is 19.3 Å². The predicted molar refractivity (Wildman–Crippen MR) is 207 cm³/mol. The van der Waals surface area contributed by atoms with Gasteiger partial charge in [-0.25, -0.2) is 0 Å². The second-order valence-corrected chi connectivity index (χ2v) is 14.1. The van der Waals surface area contributed by atoms with E-state index < -0.39 is 0 Å². The SMILES string of the molecule is CC1(C)c2ccccc2-c2ccc(-n3c4cccc5c4-n(c4ccccc43)c3cccc4c6cc(-c7ccccc7)ccc6c(=O)n5c43)cc21. The van der Waals surface area contributed by atoms with Gasteiger partial charge in [0.25, 0.3) is 5.56 Å². The summed E-state index contributed by atoms with van der Waals surface area (Å²) in [7, 11) is 0. The predicted octanol–water partition coefficient (Wildman–Crippen LogP) is 10.9. The molecule has 4 nitrogen and oxygen atoms in total. The number of nitrogens with zero attached hydrogens (tertiary/aromatic N) is 3. The molecule has 0 bridgehead atoms. The van der Waals surface area contributed by atoms with Crippen LogP contribution in [-0.2, 0) is 5.41 Å². The summed E-state index contributed by atoms with van der Waals surface area (Å²) < 4.78 is 6.71. The highest BCUT2D eigenvalue weighted by Gasteiger charge is 2.35. The normalized spacial score (nSPS) is 13.6. The van der Waals surface area contributed by atoms with Crippen LogP contribution in [0.3, 0.4) is 0 Å². The summed E-state index contributed by atoms with van der Waals surface area (Å²) in [6.45, 7) is 4.66. The number of hydrogen-bond donors (Lipinski definition) is 0. The minimum Gasteiger partial charge on any atom is -0.306 e. The van der Waals surface area contributed by atoms with Crippen molar-refractivity contribution >= 4 is 49.3 Å². The van der Waals surface area contributed by atoms with Gasteiger partial charge in [-0.2, -0.15) is 0 Å². The van der Waals surface area contributed by atoms with E-state index in [-0.39, 0.29) is 11.0 Å². The Bertz CT molecular complexity index is 3080. The molecule has 7 aromatic carbocycles. The molecule has 3 aliphatic rings. The molecule has 3 heterocycles. The Morgan fingerprint density at radius 1 is 0.460 bits per heavy atom. The zero-order valence-electron chi connectivity index (χ0n) is 27.7. The number of benzene rings is 7. The van der Waals surface area contributed by atoms with E-state index in [9.17, 15) is 4.79 Å². The van der Waals surface area contributed by atoms with E-state index in [2.05, 4.69) is 163 Å². The fourth-order valence-electron chi connectivity index (χ4n) is 8.94. The van der Waals surface area contributed by atoms with Gasteiger partial charge in [-0.05, 0) is 93.4 Å². The second kappa shape index (κ2) is 9.61. The molecule has 0 amide bonds. The largest absolute Gasteiger partial charge is 0.306 e. The summed E-state index contributed by atoms with van der Waals surface area (Å²) in [5.41, 5.74) is 15.6. The van der Waals surface area contributed by atoms with E-state index in [1.54, 1.807) is 0 Å². The fraction of sp³-hybridized carbons (Fsp3) is 0.0652. The number of hydrogen-bond acceptors (Lipinski definition) is 1. The minimum atomic E-state index is -0.122. The number of pyridine rings is 1. The number of para-hydroxylation sites is 4. The van der Waals surface area contributed by atoms with Crippen molar-refractivity contribution in [3.8, 4) is 33.6 Å². The van der Waals surface area contributed by atoms with Crippen LogP contribution in [-0.4, -0.2) is 13.5 Å². The Hall–Kier alpha value is -6.39. The van der Waals surface area contributed by atoms with Crippen molar-refractivity contribution in [1.29, 1.82) is 0 Å². The zero-order valence-corrected chi connectivity index (χ0v) is 27.7. The van der Waals surface area contributed by atoms with Gasteiger partial charge in [0, 0.05) is 21.9 Å². The highest BCUT2D eigenvalue weighted by atomic mass is 16.1. The third-order valence-electron chi connectivity index (χ3n) is 11.2. The van der Waals surface area contributed by atoms with E-state index in [0.717, 1.165) is 66.4 Å². The maximum absolute atomic E-state index is 14.7. The molecule has 0 radical (unpaired) electrons. The Kier molecular flexibility index (Phi) is 5.30. The van der Waals surface area contributed by atoms with E-state index in [1.165, 1.54) is 22.3 Å². The van der Waals surface area contributed by atoms with Gasteiger partial charge in [-0.3, -0.25) is 9.20 Å². The standard InChI is InChI=1S/C46H31N3O/c1-46(2)36-16-7-6-14-31(36)32-25-23-30(27-37(32)46)47-38-17-8-9-18-39(38)48-40-19-10-15-33-35-26-29(28-12-4-3-5-13-28)22-24-34(35)45(50)49(43(33)40)42-21-11-20-41(47)44(42)48/h3-27H,1-2H3. The Balaban J connectivity index is 1.29. The average Bonchev–Trinajstić information content (AvgIpc) is 3.39. The third-order valence-corrected chi connectivity index (χ3v) is 11.2. The second-order valence-electron chi connectivity index (χ2n) is 14.1. The molecule has 0 fully saturated rings. The van der Waals surface area contributed by atoms with Gasteiger partial charge in [-0.15, -0.1) is 0 Å². The van der Waals surface area contributed by atoms with Crippen molar-refractivity contribution in [3.63, 3.8) is 0 Å². The van der Waals surface area contributed by atoms with E-state index in [1.807, 2.05) is 16.5 Å². The van der Waals surface area contributed by atoms with Crippen molar-refractivity contribution in [2.75, 3.05) is 0 Å². The van der Waals surface area contributed by atoms with E-state index in [0.29, 0.717) is 5.39 Å². The molecule has 0 saturated heterocycles. The molecule has 1 aliphatic carbocycles. The van der Waals surface area contributed by atoms with Crippen LogP contribution < -0.4 is 5.56 Å². The van der Waals surface area contributed by atoms with Crippen molar-refractivity contribution < 1.29 is 0 Å². The maximum atomic E-state index is 14.7. The van der Waals surface area contributed by atoms with Crippen molar-refractivity contribution in [3.05, 3.63) is 173 Å². The van der Waals surface area contributed by atoms with Crippen molar-refractivity contribution in [1.82, 2.24) is 13.5 Å². The summed E-state index contributed by atoms with van der Waals surface area (Å²) in [6.07, 6.45) is 0. The fourth-order valence-corrected chi connectivity index (χ4v) is 8.94. The number of rotatable bonds is 2. The van der Waals surface area contributed by atoms with Gasteiger partial charge in [0.15, 0.2) is 0 Å². The first-order valence-corrected chi connectivity index (χ1v) is 17.2. The Morgan fingerprint density at radius 3 is 2.00 bits per heavy atom. The summed E-state index contributed by atoms with van der Waals surface area (Å²) >= 11 is 0. The molecular weight excluding hydrogens is 611 g/mol. The van der Waals surface area contributed by atoms with Gasteiger partial charge >= 0.3 is 0 Å². The van der Waals surface area contributed by atoms with Gasteiger partial charge in [0.2, 0.25) is 0 Å². The molecule has 0 unspecified atom stereocenters. The molecule has 50 heavy (non-hydrogen) atoms. The van der Waals surface area contributed by atoms with E-state index in [4.69, 9.17) is 0 Å². The minimum absolute atomic E-state index is 0.00457. The van der Waals surface area contributed by atoms with Crippen LogP contribution in [0, 0.1) is 0 Å². The topological polar surface area (TPSA) is 31.3 Å². The molecule has 2 aliphatic heterocycles. The third kappa shape index (κ3) is 3.42. The quantitative estimate of drug-likeness (QED) is 0.136. The lowest BCUT2D eigenvalue weighted by Gasteiger charge is -2.28. The van der Waals surface area contributed by atoms with Crippen molar-refractivity contribution in [2.24, 2.45) is 0 Å². The molecule has 0 N–H and O–H groups in total. The molecule has 236 valence electrons. The Labute approximate surface area is 288 Å². The molecule has 4 heteroatoms. The van der Waals surface area contributed by atoms with Crippen LogP contribution in [0.15, 0.2) is 156 Å². The monoisotopic (exact) mass is 641 g/mol. The zero-order chi connectivity index (χ0) is 33.3. The first-order chi connectivity index (χ1) is 24.5. The van der Waals surface area contributed by atoms with Crippen LogP contribution in [0.2, 0.25) is 0 Å². The summed E-state index contributed by atoms with van der Waals surface area (Å²) in [6, 6.07) is 53.8. The highest BCUT2D eigenvalue weighted by molar-refractivity contribution is 6.14. The highest BCUT2D eigenvalue weighted by Crippen LogP contribution is 2.49. The summed E-state index contributed by atoms with van der Waals surface area (Å²) in [5.74, 6) is 0. The van der Waals surface area contributed by atoms with E-state index >= 15 is 0 Å². The maximum Gasteiger partial charge on any atom is 0.263 e. The lowest BCUT2D eigenvalue weighted by atomic mass is 9.82. The number of aromatic nitrogens is 3. The first kappa shape index (κ1) is 27.5. The molecular formula is C46H31N3O. The van der Waals surface area contributed by atoms with Crippen LogP contribution in [0.4, 0.5) is 0 Å². The smallest absolute Gasteiger partial charge is 0.263 e. The Morgan fingerprint density at radius 2 is 1.14 bits per heavy atom. The van der Waals surface area contributed by atoms with Crippen LogP contribution >= 0.6 is 0 Å². The molecule has 11 rings (SSSR count). The average molecular weight is 642 g/mol. The van der Waals surface area contributed by atoms with Gasteiger partial charge < -0.3 is 9.13 Å². The lowest BCUT2D eigenvalue weighted by molar-refractivity contribution is 0.660. The molecule has 0 saturated carbocycles. The van der Waals surface area contributed by atoms with Crippen LogP contribution in [0.1, 0.15) is 25.0 Å². The molecule has 1 aromatic heterocycles. The molecule has 0 spiro atoms. The molecule has 0 atom stereocenters. The van der Waals surface area contributed by atoms with Crippen LogP contribution in [0.25, 0.3) is 82.9 Å². The summed E-state index contributed by atoms with van der Waals surface area (Å²) in [5, 5.41) is 2.75. The summed E-state index contributed by atoms with van der Waals surface area (Å²) in [4.78, 5) is 14.7. The number of fused-ring (bicyclic) bond motifs is 9. The van der Waals surface area contributed by atoms with Gasteiger partial charge in [-0.1, -0.05) is 111 Å². The first-order valence-electron chi connectivity index (χ1n) is 17.2. The van der Waals surface area contributed by atoms with Crippen LogP contribution in [0.5, 0.6) is 0 Å². The van der Waals surface area contributed by atoms with Gasteiger partial charge in [0.05, 0.1) is 38.8 Å². The molecule has 8 aromatic rings.